The monoisotopic (exact) mass is 533 g/mol. The Morgan fingerprint density at radius 1 is 0.900 bits per heavy atom. The lowest BCUT2D eigenvalue weighted by Gasteiger charge is -2.33. The molecule has 0 radical (unpaired) electrons. The van der Waals surface area contributed by atoms with Gasteiger partial charge in [0.25, 0.3) is 0 Å². The first-order chi connectivity index (χ1) is 19.6. The van der Waals surface area contributed by atoms with Crippen LogP contribution < -0.4 is 5.32 Å². The fourth-order valence-corrected chi connectivity index (χ4v) is 5.15. The van der Waals surface area contributed by atoms with Crippen LogP contribution in [0.5, 0.6) is 0 Å². The van der Waals surface area contributed by atoms with E-state index in [0.717, 1.165) is 50.4 Å². The van der Waals surface area contributed by atoms with Crippen LogP contribution in [-0.4, -0.2) is 55.3 Å². The number of anilines is 1. The second kappa shape index (κ2) is 11.2. The molecular weight excluding hydrogens is 502 g/mol. The highest BCUT2D eigenvalue weighted by Gasteiger charge is 2.37. The Balaban J connectivity index is 1.43. The molecule has 2 N–H and O–H groups in total. The van der Waals surface area contributed by atoms with Gasteiger partial charge in [-0.2, -0.15) is 5.10 Å². The molecule has 4 aromatic rings. The number of H-pyrrole nitrogens is 1. The molecule has 0 saturated heterocycles. The summed E-state index contributed by atoms with van der Waals surface area (Å²) in [6.45, 7) is 3.00. The number of methoxy groups -OCH3 is 2. The maximum absolute atomic E-state index is 6.08. The van der Waals surface area contributed by atoms with Crippen LogP contribution in [0.2, 0.25) is 0 Å². The van der Waals surface area contributed by atoms with Crippen LogP contribution in [0.1, 0.15) is 12.5 Å². The SMILES string of the molecule is COCCOC1=C(OC)C(C)C2N=C(c3cccc(-c4ccccc4)c3)N=C(Nc3ccc4[nH]ncc4c3)C2=C1. The molecule has 0 saturated carbocycles. The summed E-state index contributed by atoms with van der Waals surface area (Å²) in [7, 11) is 3.33. The minimum absolute atomic E-state index is 0.0708. The second-order valence-electron chi connectivity index (χ2n) is 9.76. The van der Waals surface area contributed by atoms with Crippen molar-refractivity contribution in [3.63, 3.8) is 0 Å². The van der Waals surface area contributed by atoms with E-state index in [2.05, 4.69) is 58.8 Å². The second-order valence-corrected chi connectivity index (χ2v) is 9.76. The highest BCUT2D eigenvalue weighted by atomic mass is 16.5. The van der Waals surface area contributed by atoms with Crippen LogP contribution in [0.4, 0.5) is 5.69 Å². The summed E-state index contributed by atoms with van der Waals surface area (Å²) < 4.78 is 17.1. The third kappa shape index (κ3) is 5.01. The first-order valence-corrected chi connectivity index (χ1v) is 13.3. The van der Waals surface area contributed by atoms with Crippen molar-refractivity contribution in [1.29, 1.82) is 0 Å². The summed E-state index contributed by atoms with van der Waals surface area (Å²) in [6.07, 6.45) is 3.80. The quantitative estimate of drug-likeness (QED) is 0.272. The first kappa shape index (κ1) is 25.6. The summed E-state index contributed by atoms with van der Waals surface area (Å²) in [5.74, 6) is 2.74. The summed E-state index contributed by atoms with van der Waals surface area (Å²) in [5, 5.41) is 11.7. The van der Waals surface area contributed by atoms with Gasteiger partial charge in [0.05, 0.1) is 31.5 Å². The van der Waals surface area contributed by atoms with Crippen LogP contribution >= 0.6 is 0 Å². The number of benzene rings is 3. The van der Waals surface area contributed by atoms with E-state index in [1.165, 1.54) is 0 Å². The van der Waals surface area contributed by atoms with Gasteiger partial charge in [0.2, 0.25) is 0 Å². The van der Waals surface area contributed by atoms with Crippen molar-refractivity contribution in [3.05, 3.63) is 108 Å². The zero-order chi connectivity index (χ0) is 27.5. The van der Waals surface area contributed by atoms with Gasteiger partial charge >= 0.3 is 0 Å². The number of rotatable bonds is 8. The van der Waals surface area contributed by atoms with Crippen LogP contribution in [0.15, 0.2) is 112 Å². The van der Waals surface area contributed by atoms with Crippen molar-refractivity contribution in [2.45, 2.75) is 13.0 Å². The molecule has 2 aliphatic rings. The number of hydrogen-bond acceptors (Lipinski definition) is 7. The molecule has 0 bridgehead atoms. The van der Waals surface area contributed by atoms with Gasteiger partial charge in [-0.15, -0.1) is 0 Å². The minimum Gasteiger partial charge on any atom is -0.497 e. The largest absolute Gasteiger partial charge is 0.497 e. The number of hydrogen-bond donors (Lipinski definition) is 2. The van der Waals surface area contributed by atoms with Crippen molar-refractivity contribution >= 4 is 28.3 Å². The molecule has 0 spiro atoms. The van der Waals surface area contributed by atoms with E-state index in [1.807, 2.05) is 48.7 Å². The van der Waals surface area contributed by atoms with E-state index in [4.69, 9.17) is 24.2 Å². The fourth-order valence-electron chi connectivity index (χ4n) is 5.15. The average molecular weight is 534 g/mol. The van der Waals surface area contributed by atoms with Gasteiger partial charge in [0, 0.05) is 35.2 Å². The first-order valence-electron chi connectivity index (χ1n) is 13.3. The normalized spacial score (nSPS) is 18.5. The van der Waals surface area contributed by atoms with Gasteiger partial charge in [0.15, 0.2) is 11.6 Å². The minimum atomic E-state index is -0.210. The summed E-state index contributed by atoms with van der Waals surface area (Å²) >= 11 is 0. The summed E-state index contributed by atoms with van der Waals surface area (Å²) in [6, 6.07) is 24.5. The van der Waals surface area contributed by atoms with Crippen LogP contribution in [0, 0.1) is 5.92 Å². The highest BCUT2D eigenvalue weighted by Crippen LogP contribution is 2.36. The van der Waals surface area contributed by atoms with Crippen molar-refractivity contribution < 1.29 is 14.2 Å². The number of nitrogens with zero attached hydrogens (tertiary/aromatic N) is 3. The molecule has 1 aliphatic carbocycles. The third-order valence-electron chi connectivity index (χ3n) is 7.18. The maximum Gasteiger partial charge on any atom is 0.157 e. The number of ether oxygens (including phenoxy) is 3. The van der Waals surface area contributed by atoms with Crippen molar-refractivity contribution in [3.8, 4) is 11.1 Å². The van der Waals surface area contributed by atoms with E-state index >= 15 is 0 Å². The molecule has 202 valence electrons. The number of nitrogens with one attached hydrogen (secondary N) is 2. The van der Waals surface area contributed by atoms with Crippen molar-refractivity contribution in [1.82, 2.24) is 10.2 Å². The molecule has 8 heteroatoms. The van der Waals surface area contributed by atoms with Gasteiger partial charge in [-0.05, 0) is 41.5 Å². The highest BCUT2D eigenvalue weighted by molar-refractivity contribution is 6.19. The van der Waals surface area contributed by atoms with Gasteiger partial charge in [0.1, 0.15) is 18.2 Å². The molecule has 8 nitrogen and oxygen atoms in total. The lowest BCUT2D eigenvalue weighted by Crippen LogP contribution is -2.37. The molecule has 1 aromatic heterocycles. The topological polar surface area (TPSA) is 93.1 Å². The molecule has 2 atom stereocenters. The molecule has 3 aromatic carbocycles. The Hall–Kier alpha value is -4.69. The van der Waals surface area contributed by atoms with E-state index in [0.29, 0.717) is 24.8 Å². The number of aromatic nitrogens is 2. The van der Waals surface area contributed by atoms with E-state index in [1.54, 1.807) is 14.2 Å². The Bertz CT molecular complexity index is 1650. The Morgan fingerprint density at radius 2 is 1.73 bits per heavy atom. The molecule has 0 fully saturated rings. The molecule has 6 rings (SSSR count). The lowest BCUT2D eigenvalue weighted by atomic mass is 9.85. The van der Waals surface area contributed by atoms with E-state index < -0.39 is 0 Å². The number of allylic oxidation sites excluding steroid dienone is 1. The van der Waals surface area contributed by atoms with Crippen molar-refractivity contribution in [2.24, 2.45) is 15.9 Å². The van der Waals surface area contributed by atoms with Crippen molar-refractivity contribution in [2.75, 3.05) is 32.8 Å². The van der Waals surface area contributed by atoms with E-state index in [-0.39, 0.29) is 12.0 Å². The van der Waals surface area contributed by atoms with Gasteiger partial charge < -0.3 is 19.5 Å². The third-order valence-corrected chi connectivity index (χ3v) is 7.18. The molecule has 0 amide bonds. The average Bonchev–Trinajstić information content (AvgIpc) is 3.46. The fraction of sp³-hybridized carbons (Fsp3) is 0.219. The zero-order valence-electron chi connectivity index (χ0n) is 22.7. The zero-order valence-corrected chi connectivity index (χ0v) is 22.7. The lowest BCUT2D eigenvalue weighted by molar-refractivity contribution is 0.0995. The summed E-state index contributed by atoms with van der Waals surface area (Å²) in [5.41, 5.74) is 6.02. The Morgan fingerprint density at radius 3 is 2.55 bits per heavy atom. The standard InChI is InChI=1S/C32H31N5O3/c1-20-29-26(18-28(30(20)39-3)40-15-14-38-2)32(34-25-12-13-27-24(17-25)19-33-37-27)36-31(35-29)23-11-7-10-22(16-23)21-8-5-4-6-9-21/h4-13,16-20,29H,14-15H2,1-3H3,(H,33,37)(H,34,35,36). The van der Waals surface area contributed by atoms with Gasteiger partial charge in [-0.3, -0.25) is 10.1 Å². The number of amidine groups is 2. The van der Waals surface area contributed by atoms with Gasteiger partial charge in [-0.25, -0.2) is 4.99 Å². The molecule has 40 heavy (non-hydrogen) atoms. The van der Waals surface area contributed by atoms with Crippen LogP contribution in [0.25, 0.3) is 22.0 Å². The van der Waals surface area contributed by atoms with Gasteiger partial charge in [-0.1, -0.05) is 55.5 Å². The Labute approximate surface area is 233 Å². The smallest absolute Gasteiger partial charge is 0.157 e. The number of aromatic amines is 1. The van der Waals surface area contributed by atoms with E-state index in [9.17, 15) is 0 Å². The molecule has 1 aliphatic heterocycles. The molecular formula is C32H31N5O3. The molecule has 2 unspecified atom stereocenters. The summed E-state index contributed by atoms with van der Waals surface area (Å²) in [4.78, 5) is 10.2. The number of aliphatic imine (C=N–C) groups is 2. The maximum atomic E-state index is 6.08. The van der Waals surface area contributed by atoms with Crippen LogP contribution in [0.3, 0.4) is 0 Å². The van der Waals surface area contributed by atoms with Crippen LogP contribution in [-0.2, 0) is 14.2 Å². The predicted octanol–water partition coefficient (Wildman–Crippen LogP) is 5.97. The molecule has 2 heterocycles. The predicted molar refractivity (Wildman–Crippen MR) is 158 cm³/mol. The Kier molecular flexibility index (Phi) is 7.16. The number of fused-ring (bicyclic) bond motifs is 2.